The summed E-state index contributed by atoms with van der Waals surface area (Å²) in [6, 6.07) is 10.3. The van der Waals surface area contributed by atoms with Gasteiger partial charge in [-0.15, -0.1) is 0 Å². The average Bonchev–Trinajstić information content (AvgIpc) is 3.30. The number of nitrogens with one attached hydrogen (secondary N) is 2. The van der Waals surface area contributed by atoms with Gasteiger partial charge in [-0.3, -0.25) is 14.9 Å². The molecule has 3 aromatic rings. The lowest BCUT2D eigenvalue weighted by atomic mass is 10.2. The number of hydrogen-bond donors (Lipinski definition) is 2. The van der Waals surface area contributed by atoms with Gasteiger partial charge in [0.15, 0.2) is 5.82 Å². The monoisotopic (exact) mass is 409 g/mol. The van der Waals surface area contributed by atoms with Crippen molar-refractivity contribution in [3.05, 3.63) is 77.3 Å². The van der Waals surface area contributed by atoms with Gasteiger partial charge in [0.25, 0.3) is 0 Å². The molecule has 0 radical (unpaired) electrons. The fourth-order valence-corrected chi connectivity index (χ4v) is 4.42. The number of nitrogens with zero attached hydrogens (tertiary/aromatic N) is 3. The van der Waals surface area contributed by atoms with E-state index in [1.165, 1.54) is 10.4 Å². The van der Waals surface area contributed by atoms with Gasteiger partial charge in [0.2, 0.25) is 15.9 Å². The molecule has 0 fully saturated rings. The normalized spacial score (nSPS) is 14.2. The second kappa shape index (κ2) is 7.61. The largest absolute Gasteiger partial charge is 0.305 e. The van der Waals surface area contributed by atoms with Crippen LogP contribution in [0.15, 0.2) is 59.8 Å². The van der Waals surface area contributed by atoms with Gasteiger partial charge in [0, 0.05) is 30.6 Å². The Morgan fingerprint density at radius 1 is 1.21 bits per heavy atom. The molecule has 0 unspecified atom stereocenters. The summed E-state index contributed by atoms with van der Waals surface area (Å²) >= 11 is 0. The number of sulfonamides is 1. The Morgan fingerprint density at radius 3 is 2.72 bits per heavy atom. The number of hydrogen-bond acceptors (Lipinski definition) is 5. The highest BCUT2D eigenvalue weighted by molar-refractivity contribution is 7.89. The summed E-state index contributed by atoms with van der Waals surface area (Å²) in [7, 11) is -3.63. The predicted molar refractivity (Wildman–Crippen MR) is 108 cm³/mol. The quantitative estimate of drug-likeness (QED) is 0.630. The number of carbonyl (C=O) groups excluding carboxylic acids is 1. The highest BCUT2D eigenvalue weighted by Gasteiger charge is 2.34. The number of aromatic amines is 1. The number of amides is 1. The van der Waals surface area contributed by atoms with Crippen molar-refractivity contribution in [3.63, 3.8) is 0 Å². The molecule has 1 aromatic carbocycles. The Balaban J connectivity index is 1.47. The first-order chi connectivity index (χ1) is 13.9. The summed E-state index contributed by atoms with van der Waals surface area (Å²) in [5.74, 6) is -0.0227. The first-order valence-corrected chi connectivity index (χ1v) is 10.4. The number of pyridine rings is 1. The van der Waals surface area contributed by atoms with E-state index in [1.54, 1.807) is 48.8 Å². The molecule has 0 saturated carbocycles. The number of aryl methyl sites for hydroxylation is 1. The van der Waals surface area contributed by atoms with Crippen LogP contribution in [-0.2, 0) is 27.9 Å². The van der Waals surface area contributed by atoms with Crippen LogP contribution in [0.1, 0.15) is 22.4 Å². The Morgan fingerprint density at radius 2 is 2.00 bits per heavy atom. The molecule has 2 aromatic heterocycles. The number of carbonyl (C=O) groups is 1. The fraction of sp³-hybridized carbons (Fsp3) is 0.150. The van der Waals surface area contributed by atoms with Crippen molar-refractivity contribution in [1.29, 1.82) is 0 Å². The van der Waals surface area contributed by atoms with Crippen molar-refractivity contribution < 1.29 is 13.2 Å². The third-order valence-electron chi connectivity index (χ3n) is 4.63. The summed E-state index contributed by atoms with van der Waals surface area (Å²) in [5, 5.41) is 9.63. The number of rotatable bonds is 5. The Bertz CT molecular complexity index is 1170. The summed E-state index contributed by atoms with van der Waals surface area (Å²) < 4.78 is 27.1. The van der Waals surface area contributed by atoms with Crippen LogP contribution >= 0.6 is 0 Å². The second-order valence-electron chi connectivity index (χ2n) is 6.72. The van der Waals surface area contributed by atoms with Crippen molar-refractivity contribution in [2.24, 2.45) is 0 Å². The molecule has 0 bridgehead atoms. The molecule has 1 aliphatic rings. The van der Waals surface area contributed by atoms with E-state index in [9.17, 15) is 13.2 Å². The third-order valence-corrected chi connectivity index (χ3v) is 6.44. The maximum Gasteiger partial charge on any atom is 0.249 e. The zero-order valence-electron chi connectivity index (χ0n) is 15.7. The smallest absolute Gasteiger partial charge is 0.249 e. The summed E-state index contributed by atoms with van der Waals surface area (Å²) in [6.45, 7) is 2.23. The molecule has 0 saturated heterocycles. The molecule has 2 N–H and O–H groups in total. The van der Waals surface area contributed by atoms with Gasteiger partial charge in [-0.1, -0.05) is 23.8 Å². The molecule has 0 atom stereocenters. The predicted octanol–water partition coefficient (Wildman–Crippen LogP) is 2.47. The van der Waals surface area contributed by atoms with Gasteiger partial charge in [0.1, 0.15) is 0 Å². The molecule has 1 aliphatic heterocycles. The molecule has 1 amide bonds. The number of anilines is 1. The lowest BCUT2D eigenvalue weighted by Gasteiger charge is -2.16. The molecule has 3 heterocycles. The lowest BCUT2D eigenvalue weighted by Crippen LogP contribution is -2.26. The molecule has 29 heavy (non-hydrogen) atoms. The fourth-order valence-electron chi connectivity index (χ4n) is 3.05. The number of H-pyrrole nitrogens is 1. The van der Waals surface area contributed by atoms with Gasteiger partial charge < -0.3 is 5.32 Å². The third kappa shape index (κ3) is 3.96. The molecule has 0 aliphatic carbocycles. The van der Waals surface area contributed by atoms with Gasteiger partial charge in [-0.25, -0.2) is 8.42 Å². The van der Waals surface area contributed by atoms with Crippen LogP contribution < -0.4 is 5.32 Å². The van der Waals surface area contributed by atoms with Crippen LogP contribution in [0.4, 0.5) is 5.82 Å². The van der Waals surface area contributed by atoms with E-state index in [1.807, 2.05) is 13.0 Å². The average molecular weight is 409 g/mol. The van der Waals surface area contributed by atoms with Crippen LogP contribution in [0, 0.1) is 6.92 Å². The highest BCUT2D eigenvalue weighted by atomic mass is 32.2. The van der Waals surface area contributed by atoms with E-state index in [4.69, 9.17) is 0 Å². The van der Waals surface area contributed by atoms with Crippen LogP contribution in [0.3, 0.4) is 0 Å². The van der Waals surface area contributed by atoms with Crippen molar-refractivity contribution in [1.82, 2.24) is 19.5 Å². The highest BCUT2D eigenvalue weighted by Crippen LogP contribution is 2.31. The molecule has 8 nitrogen and oxygen atoms in total. The zero-order valence-corrected chi connectivity index (χ0v) is 16.5. The molecule has 4 rings (SSSR count). The molecule has 148 valence electrons. The van der Waals surface area contributed by atoms with E-state index in [-0.39, 0.29) is 23.9 Å². The molecule has 9 heteroatoms. The van der Waals surface area contributed by atoms with Gasteiger partial charge in [-0.2, -0.15) is 9.40 Å². The van der Waals surface area contributed by atoms with Crippen LogP contribution in [0.2, 0.25) is 0 Å². The minimum atomic E-state index is -3.63. The number of aromatic nitrogens is 3. The molecular weight excluding hydrogens is 390 g/mol. The topological polar surface area (TPSA) is 108 Å². The second-order valence-corrected chi connectivity index (χ2v) is 8.66. The lowest BCUT2D eigenvalue weighted by molar-refractivity contribution is -0.111. The van der Waals surface area contributed by atoms with Crippen molar-refractivity contribution in [2.75, 3.05) is 5.32 Å². The van der Waals surface area contributed by atoms with Gasteiger partial charge >= 0.3 is 0 Å². The molecule has 0 spiro atoms. The van der Waals surface area contributed by atoms with E-state index in [0.29, 0.717) is 17.1 Å². The van der Waals surface area contributed by atoms with Crippen molar-refractivity contribution >= 4 is 27.8 Å². The summed E-state index contributed by atoms with van der Waals surface area (Å²) in [6.07, 6.45) is 6.32. The first kappa shape index (κ1) is 19.0. The number of benzene rings is 1. The number of fused-ring (bicyclic) bond motifs is 1. The summed E-state index contributed by atoms with van der Waals surface area (Å²) in [5.41, 5.74) is 3.13. The Hall–Kier alpha value is -3.30. The van der Waals surface area contributed by atoms with Crippen LogP contribution in [0.25, 0.3) is 6.08 Å². The standard InChI is InChI=1S/C20H19N5O3S/c1-14-4-7-16(8-5-14)29(27,28)25-12-17-18(13-25)23-24-20(17)22-19(26)9-6-15-3-2-10-21-11-15/h2-11H,12-13H2,1H3,(H2,22,23,24,26). The minimum Gasteiger partial charge on any atom is -0.305 e. The van der Waals surface area contributed by atoms with Crippen molar-refractivity contribution in [3.8, 4) is 0 Å². The van der Waals surface area contributed by atoms with E-state index in [0.717, 1.165) is 11.1 Å². The van der Waals surface area contributed by atoms with Crippen LogP contribution in [0.5, 0.6) is 0 Å². The maximum atomic E-state index is 12.9. The van der Waals surface area contributed by atoms with Gasteiger partial charge in [-0.05, 0) is 36.8 Å². The van der Waals surface area contributed by atoms with E-state index >= 15 is 0 Å². The minimum absolute atomic E-state index is 0.143. The van der Waals surface area contributed by atoms with Crippen molar-refractivity contribution in [2.45, 2.75) is 24.9 Å². The maximum absolute atomic E-state index is 12.9. The molecular formula is C20H19N5O3S. The van der Waals surface area contributed by atoms with Crippen LogP contribution in [-0.4, -0.2) is 33.8 Å². The first-order valence-electron chi connectivity index (χ1n) is 8.95. The zero-order chi connectivity index (χ0) is 20.4. The Kier molecular flexibility index (Phi) is 4.99. The van der Waals surface area contributed by atoms with Gasteiger partial charge in [0.05, 0.1) is 17.1 Å². The summed E-state index contributed by atoms with van der Waals surface area (Å²) in [4.78, 5) is 16.4. The van der Waals surface area contributed by atoms with E-state index < -0.39 is 10.0 Å². The SMILES string of the molecule is Cc1ccc(S(=O)(=O)N2Cc3[nH]nc(NC(=O)C=Cc4cccnc4)c3C2)cc1. The van der Waals surface area contributed by atoms with E-state index in [2.05, 4.69) is 20.5 Å². The Labute approximate surface area is 168 Å².